The lowest BCUT2D eigenvalue weighted by Crippen LogP contribution is -2.70. The van der Waals surface area contributed by atoms with Gasteiger partial charge < -0.3 is 24.5 Å². The van der Waals surface area contributed by atoms with Crippen LogP contribution in [0.15, 0.2) is 18.2 Å². The van der Waals surface area contributed by atoms with Crippen LogP contribution in [0.3, 0.4) is 0 Å². The number of H-pyrrole nitrogens is 1. The number of esters is 1. The molecule has 7 heteroatoms. The number of nitrogens with one attached hydrogen (secondary N) is 1. The molecule has 4 aliphatic rings. The molecule has 1 unspecified atom stereocenters. The molecular weight excluding hydrogens is 372 g/mol. The number of nitrogens with zero attached hydrogens (tertiary/aromatic N) is 1. The molecule has 3 aliphatic heterocycles. The number of hydrogen-bond donors (Lipinski definition) is 2. The van der Waals surface area contributed by atoms with Gasteiger partial charge in [0.15, 0.2) is 0 Å². The van der Waals surface area contributed by atoms with Crippen LogP contribution in [0.4, 0.5) is 0 Å². The van der Waals surface area contributed by atoms with Crippen molar-refractivity contribution < 1.29 is 24.2 Å². The molecule has 2 aromatic rings. The SMILES string of the molecule is COC(=O)[C@@]12C[C@@H]3CC([C@@H](C)O)[C@@H]1N(CCc1c2[nH]c2ccc(OC)cc12)C3=O. The summed E-state index contributed by atoms with van der Waals surface area (Å²) in [6.07, 6.45) is 1.05. The summed E-state index contributed by atoms with van der Waals surface area (Å²) >= 11 is 0. The maximum Gasteiger partial charge on any atom is 0.319 e. The van der Waals surface area contributed by atoms with E-state index in [4.69, 9.17) is 9.47 Å². The second-order valence-electron chi connectivity index (χ2n) is 8.62. The Labute approximate surface area is 169 Å². The van der Waals surface area contributed by atoms with Gasteiger partial charge in [-0.2, -0.15) is 0 Å². The fraction of sp³-hybridized carbons (Fsp3) is 0.545. The topological polar surface area (TPSA) is 91.9 Å². The standard InChI is InChI=1S/C22H26N2O5/c1-11(25)15-8-12-10-22(21(27)29-3)18-14(6-7-24(19(15)22)20(12)26)16-9-13(28-2)4-5-17(16)23-18/h4-5,9,11-12,15,19,23,25H,6-8,10H2,1-3H3/t11-,12+,15?,19+,22-/m1/s1. The highest BCUT2D eigenvalue weighted by Gasteiger charge is 2.66. The Balaban J connectivity index is 1.81. The molecule has 154 valence electrons. The van der Waals surface area contributed by atoms with E-state index in [9.17, 15) is 14.7 Å². The molecule has 0 radical (unpaired) electrons. The van der Waals surface area contributed by atoms with Crippen LogP contribution in [0, 0.1) is 11.8 Å². The highest BCUT2D eigenvalue weighted by Crippen LogP contribution is 2.56. The van der Waals surface area contributed by atoms with Crippen molar-refractivity contribution in [3.8, 4) is 5.75 Å². The van der Waals surface area contributed by atoms with Crippen molar-refractivity contribution in [2.45, 2.75) is 43.7 Å². The van der Waals surface area contributed by atoms with Gasteiger partial charge in [-0.25, -0.2) is 0 Å². The van der Waals surface area contributed by atoms with Crippen LogP contribution < -0.4 is 4.74 Å². The molecule has 4 bridgehead atoms. The van der Waals surface area contributed by atoms with Gasteiger partial charge in [-0.1, -0.05) is 0 Å². The molecular formula is C22H26N2O5. The maximum absolute atomic E-state index is 13.4. The number of aromatic amines is 1. The minimum Gasteiger partial charge on any atom is -0.497 e. The summed E-state index contributed by atoms with van der Waals surface area (Å²) in [5, 5.41) is 11.5. The van der Waals surface area contributed by atoms with E-state index in [1.807, 2.05) is 23.1 Å². The van der Waals surface area contributed by atoms with E-state index in [1.54, 1.807) is 14.0 Å². The van der Waals surface area contributed by atoms with E-state index in [2.05, 4.69) is 4.98 Å². The molecule has 1 amide bonds. The zero-order chi connectivity index (χ0) is 20.5. The van der Waals surface area contributed by atoms with Gasteiger partial charge in [0.05, 0.1) is 26.4 Å². The molecule has 1 aliphatic carbocycles. The summed E-state index contributed by atoms with van der Waals surface area (Å²) in [5.41, 5.74) is 1.82. The third-order valence-corrected chi connectivity index (χ3v) is 7.34. The van der Waals surface area contributed by atoms with Crippen LogP contribution in [0.25, 0.3) is 10.9 Å². The molecule has 1 aromatic carbocycles. The Bertz CT molecular complexity index is 1010. The number of piperidine rings is 2. The van der Waals surface area contributed by atoms with E-state index in [-0.39, 0.29) is 23.7 Å². The van der Waals surface area contributed by atoms with Crippen LogP contribution in [0.5, 0.6) is 5.75 Å². The van der Waals surface area contributed by atoms with Gasteiger partial charge in [0.2, 0.25) is 5.91 Å². The van der Waals surface area contributed by atoms with Crippen molar-refractivity contribution in [2.75, 3.05) is 20.8 Å². The summed E-state index contributed by atoms with van der Waals surface area (Å²) in [5.74, 6) is 0.0527. The smallest absolute Gasteiger partial charge is 0.319 e. The third kappa shape index (κ3) is 2.28. The van der Waals surface area contributed by atoms with E-state index >= 15 is 0 Å². The molecule has 29 heavy (non-hydrogen) atoms. The molecule has 1 aromatic heterocycles. The summed E-state index contributed by atoms with van der Waals surface area (Å²) < 4.78 is 10.7. The van der Waals surface area contributed by atoms with E-state index in [1.165, 1.54) is 7.11 Å². The van der Waals surface area contributed by atoms with Crippen LogP contribution >= 0.6 is 0 Å². The Morgan fingerprint density at radius 1 is 1.38 bits per heavy atom. The first-order valence-electron chi connectivity index (χ1n) is 10.2. The number of carbonyl (C=O) groups is 2. The van der Waals surface area contributed by atoms with Crippen molar-refractivity contribution in [1.82, 2.24) is 9.88 Å². The predicted molar refractivity (Wildman–Crippen MR) is 106 cm³/mol. The Kier molecular flexibility index (Phi) is 3.97. The van der Waals surface area contributed by atoms with Gasteiger partial charge in [0.1, 0.15) is 11.2 Å². The van der Waals surface area contributed by atoms with E-state index in [0.29, 0.717) is 25.8 Å². The average Bonchev–Trinajstić information content (AvgIpc) is 3.04. The van der Waals surface area contributed by atoms with Crippen molar-refractivity contribution in [3.63, 3.8) is 0 Å². The fourth-order valence-corrected chi connectivity index (χ4v) is 6.15. The number of methoxy groups -OCH3 is 2. The zero-order valence-electron chi connectivity index (χ0n) is 16.9. The predicted octanol–water partition coefficient (Wildman–Crippen LogP) is 1.76. The number of benzene rings is 1. The van der Waals surface area contributed by atoms with E-state index in [0.717, 1.165) is 27.9 Å². The Morgan fingerprint density at radius 3 is 2.86 bits per heavy atom. The highest BCUT2D eigenvalue weighted by atomic mass is 16.5. The van der Waals surface area contributed by atoms with Crippen molar-refractivity contribution in [3.05, 3.63) is 29.5 Å². The highest BCUT2D eigenvalue weighted by molar-refractivity contribution is 5.95. The Hall–Kier alpha value is -2.54. The monoisotopic (exact) mass is 398 g/mol. The molecule has 5 atom stereocenters. The van der Waals surface area contributed by atoms with Crippen LogP contribution in [0.1, 0.15) is 31.0 Å². The summed E-state index contributed by atoms with van der Waals surface area (Å²) in [4.78, 5) is 31.8. The number of amides is 1. The number of aliphatic hydroxyl groups is 1. The zero-order valence-corrected chi connectivity index (χ0v) is 16.9. The Morgan fingerprint density at radius 2 is 2.17 bits per heavy atom. The first-order chi connectivity index (χ1) is 13.9. The van der Waals surface area contributed by atoms with Crippen LogP contribution in [-0.4, -0.2) is 59.8 Å². The molecule has 7 nitrogen and oxygen atoms in total. The maximum atomic E-state index is 13.4. The molecule has 6 rings (SSSR count). The summed E-state index contributed by atoms with van der Waals surface area (Å²) in [6, 6.07) is 5.42. The molecule has 2 N–H and O–H groups in total. The van der Waals surface area contributed by atoms with Crippen LogP contribution in [0.2, 0.25) is 0 Å². The van der Waals surface area contributed by atoms with Gasteiger partial charge in [-0.3, -0.25) is 9.59 Å². The van der Waals surface area contributed by atoms with Crippen molar-refractivity contribution in [1.29, 1.82) is 0 Å². The second-order valence-corrected chi connectivity index (χ2v) is 8.62. The first-order valence-corrected chi connectivity index (χ1v) is 10.2. The minimum atomic E-state index is -0.995. The molecule has 3 fully saturated rings. The van der Waals surface area contributed by atoms with Gasteiger partial charge in [-0.15, -0.1) is 0 Å². The molecule has 4 heterocycles. The number of aromatic nitrogens is 1. The number of fused-ring (bicyclic) bond motifs is 4. The lowest BCUT2D eigenvalue weighted by atomic mass is 9.55. The largest absolute Gasteiger partial charge is 0.497 e. The normalized spacial score (nSPS) is 31.4. The third-order valence-electron chi connectivity index (χ3n) is 7.34. The lowest BCUT2D eigenvalue weighted by Gasteiger charge is -2.57. The fourth-order valence-electron chi connectivity index (χ4n) is 6.15. The first kappa shape index (κ1) is 18.5. The van der Waals surface area contributed by atoms with Gasteiger partial charge in [0.25, 0.3) is 0 Å². The van der Waals surface area contributed by atoms with Gasteiger partial charge in [-0.05, 0) is 49.9 Å². The summed E-state index contributed by atoms with van der Waals surface area (Å²) in [6.45, 7) is 2.28. The average molecular weight is 398 g/mol. The molecule has 2 saturated heterocycles. The van der Waals surface area contributed by atoms with E-state index < -0.39 is 17.6 Å². The second kappa shape index (κ2) is 6.23. The van der Waals surface area contributed by atoms with Crippen molar-refractivity contribution in [2.24, 2.45) is 11.8 Å². The summed E-state index contributed by atoms with van der Waals surface area (Å²) in [7, 11) is 3.03. The van der Waals surface area contributed by atoms with Gasteiger partial charge in [0, 0.05) is 35.0 Å². The quantitative estimate of drug-likeness (QED) is 0.769. The number of hydrogen-bond acceptors (Lipinski definition) is 5. The number of carbonyl (C=O) groups excluding carboxylic acids is 2. The lowest BCUT2D eigenvalue weighted by molar-refractivity contribution is -0.176. The molecule has 1 saturated carbocycles. The van der Waals surface area contributed by atoms with Crippen molar-refractivity contribution >= 4 is 22.8 Å². The number of ether oxygens (including phenoxy) is 2. The molecule has 0 spiro atoms. The van der Waals surface area contributed by atoms with Gasteiger partial charge >= 0.3 is 5.97 Å². The number of aliphatic hydroxyl groups excluding tert-OH is 1. The number of rotatable bonds is 3. The van der Waals surface area contributed by atoms with Crippen LogP contribution in [-0.2, 0) is 26.2 Å². The minimum absolute atomic E-state index is 0.0958.